The molecule has 3 rings (SSSR count). The molecule has 0 aliphatic rings. The molecule has 0 atom stereocenters. The van der Waals surface area contributed by atoms with Gasteiger partial charge in [0.1, 0.15) is 0 Å². The van der Waals surface area contributed by atoms with Crippen molar-refractivity contribution >= 4 is 23.2 Å². The minimum absolute atomic E-state index is 0.0638. The van der Waals surface area contributed by atoms with Crippen LogP contribution in [0.15, 0.2) is 48.5 Å². The van der Waals surface area contributed by atoms with Crippen LogP contribution in [0.4, 0.5) is 5.69 Å². The van der Waals surface area contributed by atoms with E-state index >= 15 is 0 Å². The predicted molar refractivity (Wildman–Crippen MR) is 114 cm³/mol. The molecule has 0 saturated heterocycles. The summed E-state index contributed by atoms with van der Waals surface area (Å²) >= 11 is 5.92. The van der Waals surface area contributed by atoms with Gasteiger partial charge in [-0.3, -0.25) is 9.69 Å². The zero-order valence-electron chi connectivity index (χ0n) is 16.7. The molecule has 3 aromatic rings. The van der Waals surface area contributed by atoms with Gasteiger partial charge >= 0.3 is 0 Å². The van der Waals surface area contributed by atoms with E-state index in [0.717, 1.165) is 28.3 Å². The third kappa shape index (κ3) is 4.80. The molecule has 1 heterocycles. The highest BCUT2D eigenvalue weighted by Crippen LogP contribution is 2.23. The molecule has 0 fully saturated rings. The van der Waals surface area contributed by atoms with Crippen molar-refractivity contribution in [2.45, 2.75) is 27.3 Å². The van der Waals surface area contributed by atoms with Gasteiger partial charge < -0.3 is 5.32 Å². The number of hydrogen-bond donors (Lipinski definition) is 1. The molecule has 1 amide bonds. The maximum Gasteiger partial charge on any atom is 0.238 e. The first-order valence-corrected chi connectivity index (χ1v) is 9.57. The smallest absolute Gasteiger partial charge is 0.238 e. The monoisotopic (exact) mass is 396 g/mol. The lowest BCUT2D eigenvalue weighted by atomic mass is 10.2. The van der Waals surface area contributed by atoms with Crippen LogP contribution in [-0.4, -0.2) is 34.2 Å². The number of halogens is 1. The van der Waals surface area contributed by atoms with Crippen LogP contribution in [0.25, 0.3) is 5.69 Å². The number of aryl methyl sites for hydroxylation is 2. The van der Waals surface area contributed by atoms with Crippen molar-refractivity contribution in [2.24, 2.45) is 0 Å². The molecule has 2 aromatic carbocycles. The van der Waals surface area contributed by atoms with Crippen LogP contribution >= 0.6 is 11.6 Å². The molecule has 1 N–H and O–H groups in total. The van der Waals surface area contributed by atoms with Gasteiger partial charge in [0.15, 0.2) is 0 Å². The first kappa shape index (κ1) is 20.1. The SMILES string of the molecule is Cc1ccc(-n2nc(C)c(NC(=O)CN(C)Cc3ccc(Cl)cc3)c2C)cc1. The fraction of sp³-hybridized carbons (Fsp3) is 0.273. The van der Waals surface area contributed by atoms with Gasteiger partial charge in [-0.25, -0.2) is 4.68 Å². The number of nitrogens with one attached hydrogen (secondary N) is 1. The number of benzene rings is 2. The number of aromatic nitrogens is 2. The standard InChI is InChI=1S/C22H25ClN4O/c1-15-5-11-20(12-6-15)27-17(3)22(16(2)25-27)24-21(28)14-26(4)13-18-7-9-19(23)10-8-18/h5-12H,13-14H2,1-4H3,(H,24,28). The van der Waals surface area contributed by atoms with Gasteiger partial charge in [0.05, 0.1) is 29.3 Å². The van der Waals surface area contributed by atoms with Gasteiger partial charge in [-0.15, -0.1) is 0 Å². The normalized spacial score (nSPS) is 11.1. The quantitative estimate of drug-likeness (QED) is 0.666. The molecule has 6 heteroatoms. The number of carbonyl (C=O) groups excluding carboxylic acids is 1. The Morgan fingerprint density at radius 1 is 1.07 bits per heavy atom. The van der Waals surface area contributed by atoms with Crippen LogP contribution in [0.1, 0.15) is 22.5 Å². The van der Waals surface area contributed by atoms with Crippen LogP contribution in [0.5, 0.6) is 0 Å². The van der Waals surface area contributed by atoms with Gasteiger partial charge in [-0.2, -0.15) is 5.10 Å². The second-order valence-electron chi connectivity index (χ2n) is 7.14. The molecule has 146 valence electrons. The summed E-state index contributed by atoms with van der Waals surface area (Å²) in [5, 5.41) is 8.32. The zero-order chi connectivity index (χ0) is 20.3. The molecule has 0 bridgehead atoms. The van der Waals surface area contributed by atoms with Crippen molar-refractivity contribution < 1.29 is 4.79 Å². The minimum atomic E-state index is -0.0638. The fourth-order valence-electron chi connectivity index (χ4n) is 3.14. The number of hydrogen-bond acceptors (Lipinski definition) is 3. The van der Waals surface area contributed by atoms with E-state index in [4.69, 9.17) is 11.6 Å². The van der Waals surface area contributed by atoms with Crippen LogP contribution in [0.3, 0.4) is 0 Å². The molecular formula is C22H25ClN4O. The average molecular weight is 397 g/mol. The number of anilines is 1. The van der Waals surface area contributed by atoms with E-state index in [1.54, 1.807) is 0 Å². The van der Waals surface area contributed by atoms with Crippen LogP contribution < -0.4 is 5.32 Å². The molecule has 0 spiro atoms. The van der Waals surface area contributed by atoms with Gasteiger partial charge in [-0.05, 0) is 57.6 Å². The second-order valence-corrected chi connectivity index (χ2v) is 7.58. The summed E-state index contributed by atoms with van der Waals surface area (Å²) in [7, 11) is 1.92. The Labute approximate surface area is 170 Å². The highest BCUT2D eigenvalue weighted by molar-refractivity contribution is 6.30. The van der Waals surface area contributed by atoms with Gasteiger partial charge in [0.2, 0.25) is 5.91 Å². The summed E-state index contributed by atoms with van der Waals surface area (Å²) in [4.78, 5) is 14.5. The Hall–Kier alpha value is -2.63. The average Bonchev–Trinajstić information content (AvgIpc) is 2.92. The van der Waals surface area contributed by atoms with Crippen molar-refractivity contribution in [2.75, 3.05) is 18.9 Å². The Morgan fingerprint density at radius 3 is 2.36 bits per heavy atom. The van der Waals surface area contributed by atoms with Gasteiger partial charge in [0, 0.05) is 11.6 Å². The molecule has 5 nitrogen and oxygen atoms in total. The van der Waals surface area contributed by atoms with Crippen molar-refractivity contribution in [1.82, 2.24) is 14.7 Å². The van der Waals surface area contributed by atoms with E-state index in [-0.39, 0.29) is 12.5 Å². The lowest BCUT2D eigenvalue weighted by Crippen LogP contribution is -2.30. The number of carbonyl (C=O) groups is 1. The molecule has 0 saturated carbocycles. The number of rotatable bonds is 6. The van der Waals surface area contributed by atoms with Gasteiger partial charge in [0.25, 0.3) is 0 Å². The number of likely N-dealkylation sites (N-methyl/N-ethyl adjacent to an activating group) is 1. The molecule has 0 aliphatic carbocycles. The molecule has 0 aliphatic heterocycles. The fourth-order valence-corrected chi connectivity index (χ4v) is 3.27. The van der Waals surface area contributed by atoms with E-state index < -0.39 is 0 Å². The Morgan fingerprint density at radius 2 is 1.71 bits per heavy atom. The largest absolute Gasteiger partial charge is 0.322 e. The summed E-state index contributed by atoms with van der Waals surface area (Å²) in [6.07, 6.45) is 0. The summed E-state index contributed by atoms with van der Waals surface area (Å²) < 4.78 is 1.86. The van der Waals surface area contributed by atoms with E-state index in [9.17, 15) is 4.79 Å². The third-order valence-electron chi connectivity index (χ3n) is 4.61. The van der Waals surface area contributed by atoms with Crippen LogP contribution in [0, 0.1) is 20.8 Å². The first-order chi connectivity index (χ1) is 13.3. The summed E-state index contributed by atoms with van der Waals surface area (Å²) in [6.45, 7) is 6.89. The molecule has 0 unspecified atom stereocenters. The molecule has 1 aromatic heterocycles. The summed E-state index contributed by atoms with van der Waals surface area (Å²) in [6, 6.07) is 15.8. The van der Waals surface area contributed by atoms with Crippen molar-refractivity contribution in [3.8, 4) is 5.69 Å². The number of nitrogens with zero attached hydrogens (tertiary/aromatic N) is 3. The van der Waals surface area contributed by atoms with Crippen molar-refractivity contribution in [3.05, 3.63) is 76.1 Å². The Kier molecular flexibility index (Phi) is 6.17. The Bertz CT molecular complexity index is 961. The predicted octanol–water partition coefficient (Wildman–Crippen LogP) is 4.52. The van der Waals surface area contributed by atoms with E-state index in [2.05, 4.69) is 29.5 Å². The second kappa shape index (κ2) is 8.59. The molecular weight excluding hydrogens is 372 g/mol. The maximum atomic E-state index is 12.6. The highest BCUT2D eigenvalue weighted by Gasteiger charge is 2.16. The highest BCUT2D eigenvalue weighted by atomic mass is 35.5. The van der Waals surface area contributed by atoms with E-state index in [1.165, 1.54) is 5.56 Å². The van der Waals surface area contributed by atoms with Crippen molar-refractivity contribution in [3.63, 3.8) is 0 Å². The first-order valence-electron chi connectivity index (χ1n) is 9.19. The lowest BCUT2D eigenvalue weighted by molar-refractivity contribution is -0.117. The van der Waals surface area contributed by atoms with E-state index in [1.807, 2.05) is 66.9 Å². The van der Waals surface area contributed by atoms with Gasteiger partial charge in [-0.1, -0.05) is 41.4 Å². The topological polar surface area (TPSA) is 50.2 Å². The van der Waals surface area contributed by atoms with Crippen LogP contribution in [0.2, 0.25) is 5.02 Å². The maximum absolute atomic E-state index is 12.6. The summed E-state index contributed by atoms with van der Waals surface area (Å²) in [5.41, 5.74) is 5.76. The third-order valence-corrected chi connectivity index (χ3v) is 4.87. The number of amides is 1. The minimum Gasteiger partial charge on any atom is -0.322 e. The Balaban J connectivity index is 1.66. The van der Waals surface area contributed by atoms with Crippen LogP contribution in [-0.2, 0) is 11.3 Å². The van der Waals surface area contributed by atoms with E-state index in [0.29, 0.717) is 11.6 Å². The molecule has 28 heavy (non-hydrogen) atoms. The summed E-state index contributed by atoms with van der Waals surface area (Å²) in [5.74, 6) is -0.0638. The lowest BCUT2D eigenvalue weighted by Gasteiger charge is -2.16. The zero-order valence-corrected chi connectivity index (χ0v) is 17.4. The van der Waals surface area contributed by atoms with Crippen molar-refractivity contribution in [1.29, 1.82) is 0 Å². The molecule has 0 radical (unpaired) electrons.